The Labute approximate surface area is 252 Å². The fourth-order valence-corrected chi connectivity index (χ4v) is 6.66. The Bertz CT molecular complexity index is 1850. The van der Waals surface area contributed by atoms with Crippen LogP contribution in [0.3, 0.4) is 0 Å². The second kappa shape index (κ2) is 11.6. The van der Waals surface area contributed by atoms with Crippen LogP contribution in [0.2, 0.25) is 5.15 Å². The molecule has 4 aromatic rings. The van der Waals surface area contributed by atoms with E-state index < -0.39 is 22.0 Å². The Hall–Kier alpha value is -3.62. The van der Waals surface area contributed by atoms with Crippen molar-refractivity contribution in [3.63, 3.8) is 0 Å². The van der Waals surface area contributed by atoms with E-state index in [1.807, 2.05) is 37.6 Å². The molecule has 1 aromatic carbocycles. The smallest absolute Gasteiger partial charge is 0.285 e. The molecule has 1 fully saturated rings. The monoisotopic (exact) mass is 630 g/mol. The first-order valence-electron chi connectivity index (χ1n) is 13.3. The van der Waals surface area contributed by atoms with Crippen LogP contribution in [-0.2, 0) is 17.1 Å². The molecule has 1 amide bonds. The largest absolute Gasteiger partial charge is 0.377 e. The Morgan fingerprint density at radius 3 is 2.50 bits per heavy atom. The van der Waals surface area contributed by atoms with Gasteiger partial charge in [0.2, 0.25) is 16.0 Å². The van der Waals surface area contributed by atoms with Gasteiger partial charge in [0.15, 0.2) is 5.69 Å². The van der Waals surface area contributed by atoms with Crippen LogP contribution in [0.25, 0.3) is 10.9 Å². The van der Waals surface area contributed by atoms with E-state index in [1.54, 1.807) is 29.0 Å². The maximum atomic E-state index is 13.6. The first kappa shape index (κ1) is 29.9. The summed E-state index contributed by atoms with van der Waals surface area (Å²) >= 11 is 7.65. The molecule has 0 bridgehead atoms. The third-order valence-electron chi connectivity index (χ3n) is 7.19. The lowest BCUT2D eigenvalue weighted by atomic mass is 9.98. The molecule has 0 unspecified atom stereocenters. The summed E-state index contributed by atoms with van der Waals surface area (Å²) in [5, 5.41) is 14.3. The number of aryl methyl sites for hydroxylation is 2. The summed E-state index contributed by atoms with van der Waals surface area (Å²) < 4.78 is 26.9. The van der Waals surface area contributed by atoms with Crippen molar-refractivity contribution in [1.29, 1.82) is 0 Å². The summed E-state index contributed by atoms with van der Waals surface area (Å²) in [6, 6.07) is 6.38. The number of nitrogens with zero attached hydrogens (tertiary/aromatic N) is 6. The minimum absolute atomic E-state index is 0.0349. The number of carbonyl (C=O) groups excluding carboxylic acids is 1. The van der Waals surface area contributed by atoms with E-state index in [-0.39, 0.29) is 22.1 Å². The van der Waals surface area contributed by atoms with E-state index in [1.165, 1.54) is 6.07 Å². The number of sulfonamides is 1. The number of hydrogen-bond donors (Lipinski definition) is 2. The molecular formula is C27H31ClN8O4S2. The number of fused-ring (bicyclic) bond motifs is 1. The van der Waals surface area contributed by atoms with Crippen molar-refractivity contribution in [3.05, 3.63) is 66.6 Å². The molecule has 1 saturated heterocycles. The Morgan fingerprint density at radius 1 is 1.14 bits per heavy atom. The van der Waals surface area contributed by atoms with Gasteiger partial charge in [-0.2, -0.15) is 0 Å². The highest BCUT2D eigenvalue weighted by Crippen LogP contribution is 2.33. The van der Waals surface area contributed by atoms with E-state index in [2.05, 4.69) is 25.4 Å². The first-order valence-corrected chi connectivity index (χ1v) is 16.4. The van der Waals surface area contributed by atoms with E-state index in [0.717, 1.165) is 53.3 Å². The van der Waals surface area contributed by atoms with Crippen molar-refractivity contribution in [1.82, 2.24) is 29.5 Å². The summed E-state index contributed by atoms with van der Waals surface area (Å²) in [5.74, 6) is -0.00214. The lowest BCUT2D eigenvalue weighted by molar-refractivity contribution is 0.0977. The molecule has 15 heteroatoms. The average Bonchev–Trinajstić information content (AvgIpc) is 3.37. The number of pyridine rings is 1. The summed E-state index contributed by atoms with van der Waals surface area (Å²) in [5.41, 5.74) is 2.11. The molecule has 1 aliphatic rings. The van der Waals surface area contributed by atoms with Crippen molar-refractivity contribution in [3.8, 4) is 0 Å². The van der Waals surface area contributed by atoms with Crippen LogP contribution in [0.5, 0.6) is 0 Å². The molecule has 0 spiro atoms. The van der Waals surface area contributed by atoms with Crippen LogP contribution < -0.4 is 20.5 Å². The zero-order chi connectivity index (χ0) is 30.3. The van der Waals surface area contributed by atoms with Crippen molar-refractivity contribution in [2.45, 2.75) is 45.6 Å². The van der Waals surface area contributed by atoms with Crippen LogP contribution in [0.1, 0.15) is 63.4 Å². The van der Waals surface area contributed by atoms with Crippen molar-refractivity contribution in [2.24, 2.45) is 7.05 Å². The number of carbonyl (C=O) groups is 1. The highest BCUT2D eigenvalue weighted by atomic mass is 35.5. The number of benzene rings is 1. The normalized spacial score (nSPS) is 15.1. The molecule has 42 heavy (non-hydrogen) atoms. The van der Waals surface area contributed by atoms with Gasteiger partial charge in [-0.05, 0) is 57.4 Å². The van der Waals surface area contributed by atoms with E-state index in [4.69, 9.17) is 16.6 Å². The van der Waals surface area contributed by atoms with Gasteiger partial charge in [0.1, 0.15) is 15.2 Å². The fraction of sp³-hybridized carbons (Fsp3) is 0.407. The molecule has 1 aliphatic heterocycles. The Kier molecular flexibility index (Phi) is 8.23. The Morgan fingerprint density at radius 2 is 1.86 bits per heavy atom. The van der Waals surface area contributed by atoms with E-state index in [0.29, 0.717) is 22.8 Å². The van der Waals surface area contributed by atoms with Crippen LogP contribution in [-0.4, -0.2) is 58.4 Å². The molecule has 222 valence electrons. The minimum Gasteiger partial charge on any atom is -0.377 e. The second-order valence-electron chi connectivity index (χ2n) is 10.5. The maximum absolute atomic E-state index is 13.6. The topological polar surface area (TPSA) is 152 Å². The van der Waals surface area contributed by atoms with Crippen LogP contribution >= 0.6 is 22.9 Å². The van der Waals surface area contributed by atoms with Gasteiger partial charge >= 0.3 is 0 Å². The number of hydrogen-bond acceptors (Lipinski definition) is 11. The second-order valence-corrected chi connectivity index (χ2v) is 13.9. The quantitative estimate of drug-likeness (QED) is 0.289. The summed E-state index contributed by atoms with van der Waals surface area (Å²) in [6.07, 6.45) is 2.64. The molecule has 12 nitrogen and oxygen atoms in total. The standard InChI is InChI=1S/C27H31ClN8O4S2/c1-14-12-18(15(2)29-20-6-7-21(28)30-23(20)24(37)34-42(5,39)40)22-19(13-14)26(38)35(4)27(31-22)36-10-8-17(9-11-36)25-33-32-16(3)41-25/h6-7,12-13,15,17,29H,8-11H2,1-5H3,(H,34,37)/t15-/m1/s1. The molecule has 4 heterocycles. The predicted octanol–water partition coefficient (Wildman–Crippen LogP) is 3.70. The summed E-state index contributed by atoms with van der Waals surface area (Å²) in [7, 11) is -2.09. The highest BCUT2D eigenvalue weighted by molar-refractivity contribution is 7.89. The fourth-order valence-electron chi connectivity index (χ4n) is 5.21. The molecule has 5 rings (SSSR count). The van der Waals surface area contributed by atoms with Crippen molar-refractivity contribution in [2.75, 3.05) is 29.6 Å². The van der Waals surface area contributed by atoms with Gasteiger partial charge in [-0.1, -0.05) is 17.7 Å². The van der Waals surface area contributed by atoms with Crippen molar-refractivity contribution < 1.29 is 13.2 Å². The Balaban J connectivity index is 1.49. The van der Waals surface area contributed by atoms with Gasteiger partial charge in [-0.25, -0.2) is 23.1 Å². The molecule has 0 saturated carbocycles. The maximum Gasteiger partial charge on any atom is 0.285 e. The zero-order valence-electron chi connectivity index (χ0n) is 23.8. The lowest BCUT2D eigenvalue weighted by Gasteiger charge is -2.32. The van der Waals surface area contributed by atoms with E-state index >= 15 is 0 Å². The third-order valence-corrected chi connectivity index (χ3v) is 8.96. The number of anilines is 2. The van der Waals surface area contributed by atoms with Gasteiger partial charge in [0, 0.05) is 31.6 Å². The zero-order valence-corrected chi connectivity index (χ0v) is 26.2. The number of nitrogens with one attached hydrogen (secondary N) is 2. The van der Waals surface area contributed by atoms with Crippen LogP contribution in [0, 0.1) is 13.8 Å². The number of amides is 1. The molecule has 2 N–H and O–H groups in total. The van der Waals surface area contributed by atoms with E-state index in [9.17, 15) is 18.0 Å². The van der Waals surface area contributed by atoms with Crippen LogP contribution in [0.4, 0.5) is 11.6 Å². The summed E-state index contributed by atoms with van der Waals surface area (Å²) in [4.78, 5) is 37.5. The van der Waals surface area contributed by atoms with Gasteiger partial charge in [0.25, 0.3) is 11.5 Å². The van der Waals surface area contributed by atoms with Gasteiger partial charge in [0.05, 0.1) is 28.9 Å². The van der Waals surface area contributed by atoms with Gasteiger partial charge in [-0.3, -0.25) is 14.2 Å². The lowest BCUT2D eigenvalue weighted by Crippen LogP contribution is -2.37. The third kappa shape index (κ3) is 6.25. The number of piperidine rings is 1. The SMILES string of the molecule is Cc1cc([C@@H](C)Nc2ccc(Cl)nc2C(=O)NS(C)(=O)=O)c2nc(N3CCC(c4nnc(C)s4)CC3)n(C)c(=O)c2c1. The molecule has 0 radical (unpaired) electrons. The van der Waals surface area contributed by atoms with Crippen molar-refractivity contribution >= 4 is 61.4 Å². The average molecular weight is 631 g/mol. The molecular weight excluding hydrogens is 600 g/mol. The predicted molar refractivity (Wildman–Crippen MR) is 164 cm³/mol. The molecule has 1 atom stereocenters. The first-order chi connectivity index (χ1) is 19.8. The summed E-state index contributed by atoms with van der Waals surface area (Å²) in [6.45, 7) is 7.17. The molecule has 0 aliphatic carbocycles. The highest BCUT2D eigenvalue weighted by Gasteiger charge is 2.27. The van der Waals surface area contributed by atoms with Gasteiger partial charge < -0.3 is 10.2 Å². The van der Waals surface area contributed by atoms with Gasteiger partial charge in [-0.15, -0.1) is 21.5 Å². The number of rotatable bonds is 7. The molecule has 3 aromatic heterocycles. The minimum atomic E-state index is -3.83. The number of halogens is 1. The number of aromatic nitrogens is 5. The van der Waals surface area contributed by atoms with Crippen LogP contribution in [0.15, 0.2) is 29.1 Å².